The highest BCUT2D eigenvalue weighted by molar-refractivity contribution is 5.60. The van der Waals surface area contributed by atoms with Crippen molar-refractivity contribution >= 4 is 6.08 Å². The molecule has 2 rings (SSSR count). The van der Waals surface area contributed by atoms with Crippen LogP contribution in [0.1, 0.15) is 5.76 Å². The molecule has 0 saturated heterocycles. The third-order valence-electron chi connectivity index (χ3n) is 1.71. The van der Waals surface area contributed by atoms with Gasteiger partial charge in [0.1, 0.15) is 5.69 Å². The highest BCUT2D eigenvalue weighted by Gasteiger charge is 2.02. The Morgan fingerprint density at radius 1 is 1.31 bits per heavy atom. The molecule has 0 aliphatic carbocycles. The van der Waals surface area contributed by atoms with Gasteiger partial charge in [0.05, 0.1) is 0 Å². The Balaban J connectivity index is 2.41. The molecule has 0 atom stereocenters. The number of aromatic nitrogens is 2. The Morgan fingerprint density at radius 2 is 2.08 bits per heavy atom. The second kappa shape index (κ2) is 3.23. The van der Waals surface area contributed by atoms with Gasteiger partial charge < -0.3 is 4.52 Å². The third-order valence-corrected chi connectivity index (χ3v) is 1.71. The number of nitrogens with zero attached hydrogens (tertiary/aromatic N) is 2. The highest BCUT2D eigenvalue weighted by atomic mass is 16.5. The first kappa shape index (κ1) is 7.73. The average molecular weight is 172 g/mol. The summed E-state index contributed by atoms with van der Waals surface area (Å²) < 4.78 is 4.98. The van der Waals surface area contributed by atoms with Crippen LogP contribution in [0, 0.1) is 0 Å². The molecule has 2 aromatic heterocycles. The van der Waals surface area contributed by atoms with Crippen molar-refractivity contribution in [1.82, 2.24) is 10.1 Å². The molecular formula is C10H8N2O. The van der Waals surface area contributed by atoms with E-state index in [1.54, 1.807) is 18.5 Å². The van der Waals surface area contributed by atoms with Crippen molar-refractivity contribution in [1.29, 1.82) is 0 Å². The van der Waals surface area contributed by atoms with E-state index < -0.39 is 0 Å². The first-order valence-corrected chi connectivity index (χ1v) is 3.89. The first-order chi connectivity index (χ1) is 6.40. The molecular weight excluding hydrogens is 164 g/mol. The summed E-state index contributed by atoms with van der Waals surface area (Å²) in [7, 11) is 0. The molecule has 0 aromatic carbocycles. The van der Waals surface area contributed by atoms with E-state index in [4.69, 9.17) is 4.52 Å². The summed E-state index contributed by atoms with van der Waals surface area (Å²) >= 11 is 0. The number of rotatable bonds is 2. The molecule has 0 fully saturated rings. The second-order valence-corrected chi connectivity index (χ2v) is 2.55. The Kier molecular flexibility index (Phi) is 1.92. The minimum atomic E-state index is 0.673. The zero-order valence-electron chi connectivity index (χ0n) is 6.97. The molecule has 0 aliphatic heterocycles. The molecule has 0 radical (unpaired) electrons. The third kappa shape index (κ3) is 1.49. The Bertz CT molecular complexity index is 406. The number of hydrogen-bond donors (Lipinski definition) is 0. The van der Waals surface area contributed by atoms with Crippen molar-refractivity contribution in [2.75, 3.05) is 0 Å². The van der Waals surface area contributed by atoms with Crippen molar-refractivity contribution in [3.05, 3.63) is 42.9 Å². The van der Waals surface area contributed by atoms with Gasteiger partial charge in [-0.2, -0.15) is 0 Å². The summed E-state index contributed by atoms with van der Waals surface area (Å²) in [5.41, 5.74) is 1.80. The molecule has 0 unspecified atom stereocenters. The quantitative estimate of drug-likeness (QED) is 0.698. The van der Waals surface area contributed by atoms with Gasteiger partial charge in [-0.3, -0.25) is 4.98 Å². The molecule has 0 N–H and O–H groups in total. The second-order valence-electron chi connectivity index (χ2n) is 2.55. The molecule has 0 saturated carbocycles. The lowest BCUT2D eigenvalue weighted by Gasteiger charge is -1.90. The summed E-state index contributed by atoms with van der Waals surface area (Å²) in [6.45, 7) is 3.59. The van der Waals surface area contributed by atoms with Gasteiger partial charge in [-0.05, 0) is 18.2 Å². The van der Waals surface area contributed by atoms with Gasteiger partial charge in [-0.25, -0.2) is 0 Å². The molecule has 2 aromatic rings. The SMILES string of the molecule is C=Cc1cc(-c2ccncc2)no1. The Hall–Kier alpha value is -1.90. The van der Waals surface area contributed by atoms with E-state index >= 15 is 0 Å². The minimum absolute atomic E-state index is 0.673. The monoisotopic (exact) mass is 172 g/mol. The van der Waals surface area contributed by atoms with Gasteiger partial charge in [-0.15, -0.1) is 0 Å². The van der Waals surface area contributed by atoms with Gasteiger partial charge in [0.15, 0.2) is 5.76 Å². The molecule has 0 spiro atoms. The average Bonchev–Trinajstić information content (AvgIpc) is 2.67. The van der Waals surface area contributed by atoms with Crippen molar-refractivity contribution in [3.8, 4) is 11.3 Å². The Morgan fingerprint density at radius 3 is 2.69 bits per heavy atom. The van der Waals surface area contributed by atoms with Gasteiger partial charge >= 0.3 is 0 Å². The maximum absolute atomic E-state index is 4.98. The number of pyridine rings is 1. The van der Waals surface area contributed by atoms with E-state index in [9.17, 15) is 0 Å². The van der Waals surface area contributed by atoms with E-state index in [2.05, 4.69) is 16.7 Å². The predicted molar refractivity (Wildman–Crippen MR) is 49.8 cm³/mol. The first-order valence-electron chi connectivity index (χ1n) is 3.89. The van der Waals surface area contributed by atoms with Crippen molar-refractivity contribution in [2.45, 2.75) is 0 Å². The molecule has 3 heteroatoms. The largest absolute Gasteiger partial charge is 0.356 e. The molecule has 2 heterocycles. The Labute approximate surface area is 75.7 Å². The normalized spacial score (nSPS) is 9.85. The van der Waals surface area contributed by atoms with Gasteiger partial charge in [0, 0.05) is 24.0 Å². The fourth-order valence-corrected chi connectivity index (χ4v) is 1.04. The molecule has 0 bridgehead atoms. The van der Waals surface area contributed by atoms with E-state index in [1.807, 2.05) is 18.2 Å². The van der Waals surface area contributed by atoms with E-state index in [0.717, 1.165) is 11.3 Å². The summed E-state index contributed by atoms with van der Waals surface area (Å²) in [5.74, 6) is 0.673. The van der Waals surface area contributed by atoms with Gasteiger partial charge in [-0.1, -0.05) is 11.7 Å². The van der Waals surface area contributed by atoms with Crippen LogP contribution in [0.3, 0.4) is 0 Å². The lowest BCUT2D eigenvalue weighted by atomic mass is 10.2. The summed E-state index contributed by atoms with van der Waals surface area (Å²) in [5, 5.41) is 3.88. The lowest BCUT2D eigenvalue weighted by Crippen LogP contribution is -1.76. The topological polar surface area (TPSA) is 38.9 Å². The summed E-state index contributed by atoms with van der Waals surface area (Å²) in [6, 6.07) is 5.60. The predicted octanol–water partition coefficient (Wildman–Crippen LogP) is 2.38. The summed E-state index contributed by atoms with van der Waals surface area (Å²) in [6.07, 6.45) is 5.06. The van der Waals surface area contributed by atoms with Crippen LogP contribution < -0.4 is 0 Å². The van der Waals surface area contributed by atoms with Gasteiger partial charge in [0.2, 0.25) is 0 Å². The molecule has 13 heavy (non-hydrogen) atoms. The van der Waals surface area contributed by atoms with Crippen molar-refractivity contribution in [3.63, 3.8) is 0 Å². The fraction of sp³-hybridized carbons (Fsp3) is 0. The maximum atomic E-state index is 4.98. The minimum Gasteiger partial charge on any atom is -0.356 e. The van der Waals surface area contributed by atoms with Crippen LogP contribution >= 0.6 is 0 Å². The standard InChI is InChI=1S/C10H8N2O/c1-2-9-7-10(12-13-9)8-3-5-11-6-4-8/h2-7H,1H2. The molecule has 0 amide bonds. The van der Waals surface area contributed by atoms with Crippen LogP contribution in [0.4, 0.5) is 0 Å². The van der Waals surface area contributed by atoms with Gasteiger partial charge in [0.25, 0.3) is 0 Å². The van der Waals surface area contributed by atoms with Crippen LogP contribution in [0.2, 0.25) is 0 Å². The van der Waals surface area contributed by atoms with E-state index in [1.165, 1.54) is 0 Å². The van der Waals surface area contributed by atoms with Crippen LogP contribution in [0.5, 0.6) is 0 Å². The van der Waals surface area contributed by atoms with Crippen LogP contribution in [0.25, 0.3) is 17.3 Å². The lowest BCUT2D eigenvalue weighted by molar-refractivity contribution is 0.415. The van der Waals surface area contributed by atoms with Crippen LogP contribution in [0.15, 0.2) is 41.7 Å². The fourth-order valence-electron chi connectivity index (χ4n) is 1.04. The van der Waals surface area contributed by atoms with Crippen molar-refractivity contribution < 1.29 is 4.52 Å². The van der Waals surface area contributed by atoms with E-state index in [-0.39, 0.29) is 0 Å². The zero-order valence-corrected chi connectivity index (χ0v) is 6.97. The summed E-state index contributed by atoms with van der Waals surface area (Å²) in [4.78, 5) is 3.92. The smallest absolute Gasteiger partial charge is 0.159 e. The molecule has 0 aliphatic rings. The van der Waals surface area contributed by atoms with E-state index in [0.29, 0.717) is 5.76 Å². The highest BCUT2D eigenvalue weighted by Crippen LogP contribution is 2.17. The zero-order chi connectivity index (χ0) is 9.10. The molecule has 3 nitrogen and oxygen atoms in total. The van der Waals surface area contributed by atoms with Crippen LogP contribution in [-0.2, 0) is 0 Å². The number of hydrogen-bond acceptors (Lipinski definition) is 3. The van der Waals surface area contributed by atoms with Crippen molar-refractivity contribution in [2.24, 2.45) is 0 Å². The maximum Gasteiger partial charge on any atom is 0.159 e. The van der Waals surface area contributed by atoms with Crippen LogP contribution in [-0.4, -0.2) is 10.1 Å². The molecule has 64 valence electrons.